The molecule has 1 saturated carbocycles. The van der Waals surface area contributed by atoms with Crippen molar-refractivity contribution in [1.29, 1.82) is 0 Å². The van der Waals surface area contributed by atoms with Gasteiger partial charge in [-0.2, -0.15) is 0 Å². The third kappa shape index (κ3) is 2.83. The lowest BCUT2D eigenvalue weighted by atomic mass is 9.82. The van der Waals surface area contributed by atoms with Crippen molar-refractivity contribution in [2.45, 2.75) is 58.0 Å². The third-order valence-electron chi connectivity index (χ3n) is 3.79. The van der Waals surface area contributed by atoms with E-state index in [0.717, 1.165) is 5.92 Å². The SMILES string of the molecule is CCC1CCCCC1NC(C)c1cscn1. The van der Waals surface area contributed by atoms with Crippen LogP contribution in [0.2, 0.25) is 0 Å². The zero-order valence-corrected chi connectivity index (χ0v) is 11.1. The second-order valence-electron chi connectivity index (χ2n) is 4.86. The Hall–Kier alpha value is -0.410. The average Bonchev–Trinajstić information content (AvgIpc) is 2.83. The summed E-state index contributed by atoms with van der Waals surface area (Å²) in [4.78, 5) is 4.39. The van der Waals surface area contributed by atoms with E-state index < -0.39 is 0 Å². The van der Waals surface area contributed by atoms with E-state index in [4.69, 9.17) is 0 Å². The summed E-state index contributed by atoms with van der Waals surface area (Å²) in [5.74, 6) is 0.870. The number of hydrogen-bond donors (Lipinski definition) is 1. The van der Waals surface area contributed by atoms with E-state index in [0.29, 0.717) is 12.1 Å². The number of aromatic nitrogens is 1. The van der Waals surface area contributed by atoms with Crippen LogP contribution in [0.5, 0.6) is 0 Å². The molecule has 0 amide bonds. The summed E-state index contributed by atoms with van der Waals surface area (Å²) in [6.07, 6.45) is 6.85. The number of rotatable bonds is 4. The van der Waals surface area contributed by atoms with Gasteiger partial charge in [-0.3, -0.25) is 0 Å². The summed E-state index contributed by atoms with van der Waals surface area (Å²) in [5.41, 5.74) is 3.12. The van der Waals surface area contributed by atoms with E-state index in [-0.39, 0.29) is 0 Å². The van der Waals surface area contributed by atoms with Crippen LogP contribution >= 0.6 is 11.3 Å². The molecule has 3 heteroatoms. The highest BCUT2D eigenvalue weighted by Crippen LogP contribution is 2.28. The molecule has 1 aliphatic carbocycles. The van der Waals surface area contributed by atoms with Crippen LogP contribution in [-0.4, -0.2) is 11.0 Å². The van der Waals surface area contributed by atoms with Gasteiger partial charge >= 0.3 is 0 Å². The third-order valence-corrected chi connectivity index (χ3v) is 4.40. The van der Waals surface area contributed by atoms with E-state index in [1.165, 1.54) is 37.8 Å². The normalized spacial score (nSPS) is 27.9. The van der Waals surface area contributed by atoms with Crippen LogP contribution in [0.15, 0.2) is 10.9 Å². The van der Waals surface area contributed by atoms with Gasteiger partial charge in [-0.25, -0.2) is 4.98 Å². The van der Waals surface area contributed by atoms with E-state index in [1.807, 2.05) is 5.51 Å². The minimum atomic E-state index is 0.406. The molecule has 90 valence electrons. The number of thiazole rings is 1. The Balaban J connectivity index is 1.92. The fourth-order valence-corrected chi connectivity index (χ4v) is 3.41. The maximum absolute atomic E-state index is 4.39. The first-order valence-electron chi connectivity index (χ1n) is 6.45. The molecular weight excluding hydrogens is 216 g/mol. The highest BCUT2D eigenvalue weighted by Gasteiger charge is 2.25. The predicted molar refractivity (Wildman–Crippen MR) is 69.7 cm³/mol. The minimum Gasteiger partial charge on any atom is -0.306 e. The first kappa shape index (κ1) is 12.1. The quantitative estimate of drug-likeness (QED) is 0.864. The van der Waals surface area contributed by atoms with Gasteiger partial charge in [-0.15, -0.1) is 11.3 Å². The van der Waals surface area contributed by atoms with Crippen LogP contribution in [0.3, 0.4) is 0 Å². The van der Waals surface area contributed by atoms with Gasteiger partial charge in [0.1, 0.15) is 0 Å². The maximum atomic E-state index is 4.39. The van der Waals surface area contributed by atoms with E-state index in [1.54, 1.807) is 11.3 Å². The Morgan fingerprint density at radius 2 is 2.31 bits per heavy atom. The molecule has 1 aliphatic rings. The summed E-state index contributed by atoms with van der Waals surface area (Å²) in [6, 6.07) is 1.11. The molecule has 1 heterocycles. The fourth-order valence-electron chi connectivity index (χ4n) is 2.76. The van der Waals surface area contributed by atoms with Crippen LogP contribution in [0, 0.1) is 5.92 Å². The molecule has 0 aromatic carbocycles. The van der Waals surface area contributed by atoms with Gasteiger partial charge in [0.2, 0.25) is 0 Å². The molecule has 16 heavy (non-hydrogen) atoms. The average molecular weight is 238 g/mol. The van der Waals surface area contributed by atoms with Gasteiger partial charge in [-0.1, -0.05) is 26.2 Å². The maximum Gasteiger partial charge on any atom is 0.0795 e. The predicted octanol–water partition coefficient (Wildman–Crippen LogP) is 3.76. The van der Waals surface area contributed by atoms with Crippen molar-refractivity contribution in [3.8, 4) is 0 Å². The van der Waals surface area contributed by atoms with Crippen LogP contribution in [0.1, 0.15) is 57.7 Å². The minimum absolute atomic E-state index is 0.406. The van der Waals surface area contributed by atoms with Crippen molar-refractivity contribution >= 4 is 11.3 Å². The van der Waals surface area contributed by atoms with Crippen molar-refractivity contribution in [3.05, 3.63) is 16.6 Å². The van der Waals surface area contributed by atoms with Crippen molar-refractivity contribution in [1.82, 2.24) is 10.3 Å². The second kappa shape index (κ2) is 5.78. The smallest absolute Gasteiger partial charge is 0.0795 e. The van der Waals surface area contributed by atoms with Gasteiger partial charge < -0.3 is 5.32 Å². The van der Waals surface area contributed by atoms with E-state index in [2.05, 4.69) is 29.5 Å². The van der Waals surface area contributed by atoms with Gasteiger partial charge in [0.25, 0.3) is 0 Å². The molecule has 1 fully saturated rings. The molecular formula is C13H22N2S. The monoisotopic (exact) mass is 238 g/mol. The van der Waals surface area contributed by atoms with Crippen molar-refractivity contribution in [2.75, 3.05) is 0 Å². The molecule has 0 spiro atoms. The first-order chi connectivity index (χ1) is 7.81. The Morgan fingerprint density at radius 1 is 1.50 bits per heavy atom. The highest BCUT2D eigenvalue weighted by molar-refractivity contribution is 7.07. The zero-order valence-electron chi connectivity index (χ0n) is 10.3. The molecule has 0 radical (unpaired) electrons. The highest BCUT2D eigenvalue weighted by atomic mass is 32.1. The second-order valence-corrected chi connectivity index (χ2v) is 5.58. The summed E-state index contributed by atoms with van der Waals surface area (Å²) in [6.45, 7) is 4.55. The molecule has 1 aromatic heterocycles. The Morgan fingerprint density at radius 3 is 3.00 bits per heavy atom. The van der Waals surface area contributed by atoms with Gasteiger partial charge in [0.15, 0.2) is 0 Å². The summed E-state index contributed by atoms with van der Waals surface area (Å²) < 4.78 is 0. The van der Waals surface area contributed by atoms with E-state index in [9.17, 15) is 0 Å². The van der Waals surface area contributed by atoms with Crippen molar-refractivity contribution < 1.29 is 0 Å². The van der Waals surface area contributed by atoms with Crippen molar-refractivity contribution in [2.24, 2.45) is 5.92 Å². The standard InChI is InChI=1S/C13H22N2S/c1-3-11-6-4-5-7-12(11)15-10(2)13-8-16-9-14-13/h8-12,15H,3-7H2,1-2H3. The lowest BCUT2D eigenvalue weighted by Crippen LogP contribution is -2.39. The van der Waals surface area contributed by atoms with Gasteiger partial charge in [-0.05, 0) is 25.7 Å². The largest absolute Gasteiger partial charge is 0.306 e. The molecule has 2 rings (SSSR count). The number of hydrogen-bond acceptors (Lipinski definition) is 3. The molecule has 1 N–H and O–H groups in total. The Labute approximate surface area is 102 Å². The number of nitrogens with one attached hydrogen (secondary N) is 1. The molecule has 1 aromatic rings. The summed E-state index contributed by atoms with van der Waals surface area (Å²) >= 11 is 1.69. The molecule has 3 unspecified atom stereocenters. The molecule has 0 saturated heterocycles. The molecule has 0 aliphatic heterocycles. The molecule has 2 nitrogen and oxygen atoms in total. The summed E-state index contributed by atoms with van der Waals surface area (Å²) in [7, 11) is 0. The lowest BCUT2D eigenvalue weighted by Gasteiger charge is -2.33. The fraction of sp³-hybridized carbons (Fsp3) is 0.769. The van der Waals surface area contributed by atoms with Gasteiger partial charge in [0, 0.05) is 17.5 Å². The number of nitrogens with zero attached hydrogens (tertiary/aromatic N) is 1. The van der Waals surface area contributed by atoms with Crippen LogP contribution in [0.4, 0.5) is 0 Å². The van der Waals surface area contributed by atoms with E-state index >= 15 is 0 Å². The first-order valence-corrected chi connectivity index (χ1v) is 7.39. The van der Waals surface area contributed by atoms with Crippen LogP contribution in [-0.2, 0) is 0 Å². The Bertz CT molecular complexity index is 297. The zero-order chi connectivity index (χ0) is 11.4. The topological polar surface area (TPSA) is 24.9 Å². The van der Waals surface area contributed by atoms with Crippen LogP contribution < -0.4 is 5.32 Å². The van der Waals surface area contributed by atoms with Crippen LogP contribution in [0.25, 0.3) is 0 Å². The summed E-state index contributed by atoms with van der Waals surface area (Å²) in [5, 5.41) is 5.92. The molecule has 3 atom stereocenters. The Kier molecular flexibility index (Phi) is 4.36. The van der Waals surface area contributed by atoms with Gasteiger partial charge in [0.05, 0.1) is 11.2 Å². The van der Waals surface area contributed by atoms with Crippen molar-refractivity contribution in [3.63, 3.8) is 0 Å². The molecule has 0 bridgehead atoms. The lowest BCUT2D eigenvalue weighted by molar-refractivity contribution is 0.240.